The summed E-state index contributed by atoms with van der Waals surface area (Å²) in [6, 6.07) is 21.2. The predicted molar refractivity (Wildman–Crippen MR) is 127 cm³/mol. The normalized spacial score (nSPS) is 16.4. The molecule has 3 aromatic carbocycles. The van der Waals surface area contributed by atoms with Crippen molar-refractivity contribution in [3.05, 3.63) is 95.2 Å². The number of anilines is 2. The Balaban J connectivity index is 1.43. The Hall–Kier alpha value is -3.93. The molecule has 0 amide bonds. The van der Waals surface area contributed by atoms with E-state index >= 15 is 0 Å². The molecular weight excluding hydrogens is 428 g/mol. The summed E-state index contributed by atoms with van der Waals surface area (Å²) in [5, 5.41) is 0. The molecule has 6 nitrogen and oxygen atoms in total. The number of benzene rings is 3. The molecule has 3 aliphatic heterocycles. The zero-order valence-electron chi connectivity index (χ0n) is 19.1. The van der Waals surface area contributed by atoms with E-state index in [2.05, 4.69) is 78.3 Å². The van der Waals surface area contributed by atoms with Crippen molar-refractivity contribution in [2.24, 2.45) is 0 Å². The molecule has 0 fully saturated rings. The summed E-state index contributed by atoms with van der Waals surface area (Å²) >= 11 is 0. The second kappa shape index (κ2) is 7.03. The maximum Gasteiger partial charge on any atom is 0.231 e. The van der Waals surface area contributed by atoms with Gasteiger partial charge in [-0.2, -0.15) is 0 Å². The largest absolute Gasteiger partial charge is 0.491 e. The monoisotopic (exact) mass is 452 g/mol. The van der Waals surface area contributed by atoms with Gasteiger partial charge in [-0.15, -0.1) is 0 Å². The number of hydrogen-bond donors (Lipinski definition) is 0. The lowest BCUT2D eigenvalue weighted by molar-refractivity contribution is 0.173. The van der Waals surface area contributed by atoms with Gasteiger partial charge in [0.05, 0.1) is 18.2 Å². The minimum Gasteiger partial charge on any atom is -0.491 e. The molecule has 1 spiro atoms. The highest BCUT2D eigenvalue weighted by Gasteiger charge is 2.50. The van der Waals surface area contributed by atoms with Gasteiger partial charge in [0.25, 0.3) is 0 Å². The summed E-state index contributed by atoms with van der Waals surface area (Å²) in [5.74, 6) is 4.21. The van der Waals surface area contributed by atoms with Crippen molar-refractivity contribution in [1.82, 2.24) is 4.98 Å². The van der Waals surface area contributed by atoms with Gasteiger partial charge in [-0.25, -0.2) is 4.98 Å². The van der Waals surface area contributed by atoms with Gasteiger partial charge >= 0.3 is 0 Å². The average molecular weight is 453 g/mol. The highest BCUT2D eigenvalue weighted by atomic mass is 16.7. The SMILES string of the molecule is CC(C)c1ncc(CN2c3ccccc3C3(COc4cc5c(cc43)OCO5)c3ccccc32)o1. The summed E-state index contributed by atoms with van der Waals surface area (Å²) < 4.78 is 23.8. The third kappa shape index (κ3) is 2.59. The van der Waals surface area contributed by atoms with E-state index in [-0.39, 0.29) is 12.7 Å². The molecule has 4 heterocycles. The van der Waals surface area contributed by atoms with Crippen molar-refractivity contribution in [2.45, 2.75) is 31.7 Å². The van der Waals surface area contributed by atoms with Gasteiger partial charge in [0.2, 0.25) is 6.79 Å². The van der Waals surface area contributed by atoms with Crippen LogP contribution in [0.15, 0.2) is 71.3 Å². The smallest absolute Gasteiger partial charge is 0.231 e. The summed E-state index contributed by atoms with van der Waals surface area (Å²) in [4.78, 5) is 6.81. The first-order valence-corrected chi connectivity index (χ1v) is 11.6. The highest BCUT2D eigenvalue weighted by Crippen LogP contribution is 2.58. The van der Waals surface area contributed by atoms with E-state index in [1.165, 1.54) is 11.1 Å². The van der Waals surface area contributed by atoms with Crippen LogP contribution in [0.5, 0.6) is 17.2 Å². The molecule has 1 aromatic heterocycles. The van der Waals surface area contributed by atoms with E-state index in [0.29, 0.717) is 13.2 Å². The van der Waals surface area contributed by atoms with Crippen molar-refractivity contribution < 1.29 is 18.6 Å². The summed E-state index contributed by atoms with van der Waals surface area (Å²) in [6.07, 6.45) is 1.85. The molecule has 34 heavy (non-hydrogen) atoms. The average Bonchev–Trinajstić information content (AvgIpc) is 3.60. The second-order valence-corrected chi connectivity index (χ2v) is 9.34. The standard InChI is InChI=1S/C28H24N2O4/c1-17(2)27-29-13-18(34-27)14-30-22-9-5-3-7-19(22)28(20-8-4-6-10-23(20)30)15-31-24-12-26-25(11-21(24)28)32-16-33-26/h3-13,17H,14-16H2,1-2H3. The van der Waals surface area contributed by atoms with Gasteiger partial charge in [-0.05, 0) is 29.3 Å². The quantitative estimate of drug-likeness (QED) is 0.385. The van der Waals surface area contributed by atoms with Crippen LogP contribution >= 0.6 is 0 Å². The van der Waals surface area contributed by atoms with Crippen LogP contribution in [0.25, 0.3) is 0 Å². The van der Waals surface area contributed by atoms with Crippen LogP contribution in [-0.2, 0) is 12.0 Å². The summed E-state index contributed by atoms with van der Waals surface area (Å²) in [6.45, 7) is 5.54. The molecule has 4 aromatic rings. The first kappa shape index (κ1) is 19.5. The fourth-order valence-corrected chi connectivity index (χ4v) is 5.49. The lowest BCUT2D eigenvalue weighted by Gasteiger charge is -2.42. The van der Waals surface area contributed by atoms with Gasteiger partial charge in [0, 0.05) is 28.9 Å². The minimum atomic E-state index is -0.440. The molecule has 0 aliphatic carbocycles. The third-order valence-electron chi connectivity index (χ3n) is 7.07. The number of nitrogens with zero attached hydrogens (tertiary/aromatic N) is 2. The van der Waals surface area contributed by atoms with Crippen molar-refractivity contribution in [3.63, 3.8) is 0 Å². The number of aromatic nitrogens is 1. The van der Waals surface area contributed by atoms with Crippen molar-refractivity contribution >= 4 is 11.4 Å². The Kier molecular flexibility index (Phi) is 4.04. The van der Waals surface area contributed by atoms with E-state index < -0.39 is 5.41 Å². The zero-order valence-corrected chi connectivity index (χ0v) is 19.1. The fourth-order valence-electron chi connectivity index (χ4n) is 5.49. The Morgan fingerprint density at radius 3 is 2.21 bits per heavy atom. The van der Waals surface area contributed by atoms with Crippen LogP contribution in [0.1, 0.15) is 48.1 Å². The molecule has 3 aliphatic rings. The van der Waals surface area contributed by atoms with Crippen LogP contribution in [0.2, 0.25) is 0 Å². The number of ether oxygens (including phenoxy) is 3. The van der Waals surface area contributed by atoms with Crippen molar-refractivity contribution in [1.29, 1.82) is 0 Å². The first-order valence-electron chi connectivity index (χ1n) is 11.6. The van der Waals surface area contributed by atoms with Gasteiger partial charge in [0.1, 0.15) is 18.1 Å². The topological polar surface area (TPSA) is 57.0 Å². The van der Waals surface area contributed by atoms with E-state index in [1.54, 1.807) is 0 Å². The van der Waals surface area contributed by atoms with E-state index in [4.69, 9.17) is 18.6 Å². The molecule has 0 atom stereocenters. The van der Waals surface area contributed by atoms with Crippen LogP contribution in [0, 0.1) is 0 Å². The maximum atomic E-state index is 6.33. The molecule has 0 saturated carbocycles. The number of fused-ring (bicyclic) bond motifs is 7. The molecule has 7 rings (SSSR count). The minimum absolute atomic E-state index is 0.238. The number of para-hydroxylation sites is 2. The van der Waals surface area contributed by atoms with Crippen LogP contribution in [0.4, 0.5) is 11.4 Å². The highest BCUT2D eigenvalue weighted by molar-refractivity contribution is 5.82. The number of oxazole rings is 1. The third-order valence-corrected chi connectivity index (χ3v) is 7.07. The molecule has 0 N–H and O–H groups in total. The Bertz CT molecular complexity index is 1380. The molecule has 6 heteroatoms. The van der Waals surface area contributed by atoms with Crippen LogP contribution < -0.4 is 19.1 Å². The first-order chi connectivity index (χ1) is 16.6. The summed E-state index contributed by atoms with van der Waals surface area (Å²) in [7, 11) is 0. The van der Waals surface area contributed by atoms with Gasteiger partial charge in [-0.3, -0.25) is 0 Å². The van der Waals surface area contributed by atoms with Gasteiger partial charge < -0.3 is 23.5 Å². The number of rotatable bonds is 3. The number of hydrogen-bond acceptors (Lipinski definition) is 6. The Labute approximate surface area is 197 Å². The Morgan fingerprint density at radius 1 is 0.853 bits per heavy atom. The Morgan fingerprint density at radius 2 is 1.53 bits per heavy atom. The second-order valence-electron chi connectivity index (χ2n) is 9.34. The molecule has 0 saturated heterocycles. The summed E-state index contributed by atoms with van der Waals surface area (Å²) in [5.41, 5.74) is 5.35. The van der Waals surface area contributed by atoms with E-state index in [0.717, 1.165) is 45.8 Å². The van der Waals surface area contributed by atoms with Crippen LogP contribution in [-0.4, -0.2) is 18.4 Å². The maximum absolute atomic E-state index is 6.33. The van der Waals surface area contributed by atoms with E-state index in [9.17, 15) is 0 Å². The molecule has 170 valence electrons. The molecule has 0 radical (unpaired) electrons. The fraction of sp³-hybridized carbons (Fsp3) is 0.250. The van der Waals surface area contributed by atoms with Crippen LogP contribution in [0.3, 0.4) is 0 Å². The lowest BCUT2D eigenvalue weighted by atomic mass is 9.67. The molecular formula is C28H24N2O4. The zero-order chi connectivity index (χ0) is 22.9. The van der Waals surface area contributed by atoms with Crippen molar-refractivity contribution in [3.8, 4) is 17.2 Å². The molecule has 0 bridgehead atoms. The van der Waals surface area contributed by atoms with Gasteiger partial charge in [-0.1, -0.05) is 50.2 Å². The lowest BCUT2D eigenvalue weighted by Crippen LogP contribution is -2.39. The van der Waals surface area contributed by atoms with Crippen molar-refractivity contribution in [2.75, 3.05) is 18.3 Å². The van der Waals surface area contributed by atoms with Gasteiger partial charge in [0.15, 0.2) is 17.4 Å². The van der Waals surface area contributed by atoms with E-state index in [1.807, 2.05) is 12.3 Å². The molecule has 0 unspecified atom stereocenters. The predicted octanol–water partition coefficient (Wildman–Crippen LogP) is 5.91.